The molecule has 1 saturated carbocycles. The second-order valence-corrected chi connectivity index (χ2v) is 11.0. The maximum atomic E-state index is 13.0. The number of hydrogen-bond donors (Lipinski definition) is 1. The van der Waals surface area contributed by atoms with Crippen LogP contribution in [0.4, 0.5) is 0 Å². The molecular formula is C27H33N3O4S. The van der Waals surface area contributed by atoms with Crippen LogP contribution in [0.5, 0.6) is 0 Å². The maximum absolute atomic E-state index is 13.0. The summed E-state index contributed by atoms with van der Waals surface area (Å²) in [5.74, 6) is 0.471. The molecule has 1 fully saturated rings. The highest BCUT2D eigenvalue weighted by molar-refractivity contribution is 7.90. The van der Waals surface area contributed by atoms with Crippen molar-refractivity contribution in [2.45, 2.75) is 82.2 Å². The summed E-state index contributed by atoms with van der Waals surface area (Å²) in [4.78, 5) is 31.7. The topological polar surface area (TPSA) is 95.9 Å². The molecule has 0 saturated heterocycles. The van der Waals surface area contributed by atoms with Gasteiger partial charge in [-0.25, -0.2) is 13.1 Å². The number of nitrogens with zero attached hydrogens (tertiary/aromatic N) is 2. The average molecular weight is 496 g/mol. The van der Waals surface area contributed by atoms with Crippen LogP contribution in [0.1, 0.15) is 70.8 Å². The van der Waals surface area contributed by atoms with Crippen molar-refractivity contribution in [3.8, 4) is 11.1 Å². The summed E-state index contributed by atoms with van der Waals surface area (Å²) in [5.41, 5.74) is 1.70. The van der Waals surface area contributed by atoms with E-state index in [-0.39, 0.29) is 17.2 Å². The molecule has 2 aliphatic rings. The third-order valence-electron chi connectivity index (χ3n) is 6.53. The van der Waals surface area contributed by atoms with Crippen molar-refractivity contribution in [2.75, 3.05) is 0 Å². The molecule has 7 nitrogen and oxygen atoms in total. The Hall–Kier alpha value is -3.00. The first kappa shape index (κ1) is 25.1. The number of carbonyl (C=O) groups excluding carboxylic acids is 2. The lowest BCUT2D eigenvalue weighted by atomic mass is 10.0. The van der Waals surface area contributed by atoms with Crippen LogP contribution in [-0.2, 0) is 26.2 Å². The molecule has 1 aliphatic carbocycles. The summed E-state index contributed by atoms with van der Waals surface area (Å²) in [7, 11) is -4.00. The van der Waals surface area contributed by atoms with Gasteiger partial charge in [-0.2, -0.15) is 0 Å². The van der Waals surface area contributed by atoms with Gasteiger partial charge in [0.15, 0.2) is 0 Å². The molecule has 0 unspecified atom stereocenters. The van der Waals surface area contributed by atoms with Crippen molar-refractivity contribution in [2.24, 2.45) is 4.99 Å². The van der Waals surface area contributed by atoms with Gasteiger partial charge >= 0.3 is 0 Å². The minimum absolute atomic E-state index is 0.0688. The smallest absolute Gasteiger partial charge is 0.264 e. The van der Waals surface area contributed by atoms with Gasteiger partial charge in [0.1, 0.15) is 11.4 Å². The molecule has 0 aromatic heterocycles. The van der Waals surface area contributed by atoms with Gasteiger partial charge in [0.25, 0.3) is 15.9 Å². The Morgan fingerprint density at radius 2 is 1.74 bits per heavy atom. The van der Waals surface area contributed by atoms with Crippen molar-refractivity contribution in [1.29, 1.82) is 0 Å². The Labute approximate surface area is 207 Å². The molecule has 1 N–H and O–H groups in total. The Morgan fingerprint density at radius 1 is 1.03 bits per heavy atom. The van der Waals surface area contributed by atoms with E-state index in [4.69, 9.17) is 4.99 Å². The van der Waals surface area contributed by atoms with E-state index in [1.807, 2.05) is 31.2 Å². The lowest BCUT2D eigenvalue weighted by molar-refractivity contribution is -0.128. The van der Waals surface area contributed by atoms with E-state index in [0.29, 0.717) is 18.5 Å². The average Bonchev–Trinajstić information content (AvgIpc) is 3.58. The largest absolute Gasteiger partial charge is 0.294 e. The van der Waals surface area contributed by atoms with Crippen molar-refractivity contribution in [3.05, 3.63) is 54.1 Å². The summed E-state index contributed by atoms with van der Waals surface area (Å²) in [5, 5.41) is 0. The Morgan fingerprint density at radius 3 is 2.40 bits per heavy atom. The summed E-state index contributed by atoms with van der Waals surface area (Å²) in [6, 6.07) is 14.2. The van der Waals surface area contributed by atoms with E-state index in [2.05, 4.69) is 11.6 Å². The molecule has 1 spiro atoms. The van der Waals surface area contributed by atoms with Crippen LogP contribution in [0.3, 0.4) is 0 Å². The predicted molar refractivity (Wildman–Crippen MR) is 136 cm³/mol. The number of aliphatic imine (C=N–C) groups is 1. The van der Waals surface area contributed by atoms with Crippen LogP contribution in [0.15, 0.2) is 58.4 Å². The quantitative estimate of drug-likeness (QED) is 0.453. The molecule has 1 aliphatic heterocycles. The number of carbonyl (C=O) groups is 2. The van der Waals surface area contributed by atoms with Crippen LogP contribution in [-0.4, -0.2) is 36.5 Å². The first-order valence-corrected chi connectivity index (χ1v) is 13.9. The van der Waals surface area contributed by atoms with Gasteiger partial charge in [-0.15, -0.1) is 0 Å². The van der Waals surface area contributed by atoms with Crippen molar-refractivity contribution in [1.82, 2.24) is 9.62 Å². The first-order chi connectivity index (χ1) is 16.8. The molecule has 0 radical (unpaired) electrons. The maximum Gasteiger partial charge on any atom is 0.264 e. The van der Waals surface area contributed by atoms with E-state index in [9.17, 15) is 18.0 Å². The van der Waals surface area contributed by atoms with Crippen molar-refractivity contribution >= 4 is 27.7 Å². The molecule has 2 aromatic carbocycles. The zero-order valence-electron chi connectivity index (χ0n) is 20.4. The fourth-order valence-corrected chi connectivity index (χ4v) is 5.69. The molecule has 8 heteroatoms. The van der Waals surface area contributed by atoms with Crippen LogP contribution < -0.4 is 4.72 Å². The van der Waals surface area contributed by atoms with Gasteiger partial charge in [-0.05, 0) is 42.9 Å². The first-order valence-electron chi connectivity index (χ1n) is 12.4. The summed E-state index contributed by atoms with van der Waals surface area (Å²) in [6.07, 6.45) is 6.05. The Kier molecular flexibility index (Phi) is 7.40. The molecular weight excluding hydrogens is 462 g/mol. The number of amides is 2. The molecule has 35 heavy (non-hydrogen) atoms. The van der Waals surface area contributed by atoms with Crippen LogP contribution in [0.25, 0.3) is 11.1 Å². The molecule has 0 atom stereocenters. The summed E-state index contributed by atoms with van der Waals surface area (Å²) >= 11 is 0. The minimum Gasteiger partial charge on any atom is -0.294 e. The molecule has 2 amide bonds. The van der Waals surface area contributed by atoms with E-state index >= 15 is 0 Å². The normalized spacial score (nSPS) is 16.5. The molecule has 1 heterocycles. The highest BCUT2D eigenvalue weighted by Gasteiger charge is 2.56. The lowest BCUT2D eigenvalue weighted by Crippen LogP contribution is -2.35. The predicted octanol–water partition coefficient (Wildman–Crippen LogP) is 4.81. The third-order valence-corrected chi connectivity index (χ3v) is 7.96. The zero-order chi connectivity index (χ0) is 25.1. The van der Waals surface area contributed by atoms with Crippen LogP contribution >= 0.6 is 0 Å². The second kappa shape index (κ2) is 10.3. The number of nitrogens with one attached hydrogen (secondary N) is 1. The Balaban J connectivity index is 1.51. The van der Waals surface area contributed by atoms with Crippen LogP contribution in [0, 0.1) is 0 Å². The SMILES string of the molecule is CCCCCC(=O)NS(=O)(=O)c1ccccc1-c1ccc(CN2C(=O)C3(CC3)N=C2CCC)cc1. The van der Waals surface area contributed by atoms with Crippen LogP contribution in [0.2, 0.25) is 0 Å². The van der Waals surface area contributed by atoms with Gasteiger partial charge in [-0.1, -0.05) is 69.2 Å². The van der Waals surface area contributed by atoms with E-state index < -0.39 is 21.5 Å². The Bertz CT molecular complexity index is 1230. The van der Waals surface area contributed by atoms with Crippen molar-refractivity contribution in [3.63, 3.8) is 0 Å². The number of unbranched alkanes of at least 4 members (excludes halogenated alkanes) is 2. The molecule has 2 aromatic rings. The molecule has 4 rings (SSSR count). The van der Waals surface area contributed by atoms with Gasteiger partial charge in [0.05, 0.1) is 11.4 Å². The number of rotatable bonds is 11. The van der Waals surface area contributed by atoms with Gasteiger partial charge in [0.2, 0.25) is 5.91 Å². The summed E-state index contributed by atoms with van der Waals surface area (Å²) in [6.45, 7) is 4.56. The zero-order valence-corrected chi connectivity index (χ0v) is 21.2. The standard InChI is InChI=1S/C27H33N3O4S/c1-3-5-6-12-25(31)29-35(33,34)23-11-8-7-10-22(23)21-15-13-20(14-16-21)19-30-24(9-4-2)28-27(17-18-27)26(30)32/h7-8,10-11,13-16H,3-6,9,12,17-19H2,1-2H3,(H,29,31). The fourth-order valence-electron chi connectivity index (χ4n) is 4.45. The second-order valence-electron chi connectivity index (χ2n) is 9.38. The lowest BCUT2D eigenvalue weighted by Gasteiger charge is -2.19. The van der Waals surface area contributed by atoms with Gasteiger partial charge < -0.3 is 0 Å². The van der Waals surface area contributed by atoms with Gasteiger partial charge in [-0.3, -0.25) is 19.5 Å². The highest BCUT2D eigenvalue weighted by Crippen LogP contribution is 2.46. The van der Waals surface area contributed by atoms with Gasteiger partial charge in [0, 0.05) is 18.4 Å². The highest BCUT2D eigenvalue weighted by atomic mass is 32.2. The molecule has 0 bridgehead atoms. The number of sulfonamides is 1. The minimum atomic E-state index is -4.00. The third kappa shape index (κ3) is 5.48. The van der Waals surface area contributed by atoms with E-state index in [1.165, 1.54) is 6.07 Å². The number of benzene rings is 2. The van der Waals surface area contributed by atoms with E-state index in [1.54, 1.807) is 23.1 Å². The fraction of sp³-hybridized carbons (Fsp3) is 0.444. The van der Waals surface area contributed by atoms with E-state index in [0.717, 1.165) is 55.5 Å². The summed E-state index contributed by atoms with van der Waals surface area (Å²) < 4.78 is 28.2. The monoisotopic (exact) mass is 495 g/mol. The number of hydrogen-bond acceptors (Lipinski definition) is 5. The number of amidine groups is 1. The van der Waals surface area contributed by atoms with Crippen molar-refractivity contribution < 1.29 is 18.0 Å². The molecule has 186 valence electrons.